The van der Waals surface area contributed by atoms with Gasteiger partial charge in [0.2, 0.25) is 11.8 Å². The smallest absolute Gasteiger partial charge is 0.226 e. The number of oxazole rings is 1. The molecule has 2 aromatic rings. The normalized spacial score (nSPS) is 15.4. The van der Waals surface area contributed by atoms with Crippen molar-refractivity contribution in [1.82, 2.24) is 10.3 Å². The molecule has 4 nitrogen and oxygen atoms in total. The monoisotopic (exact) mass is 312 g/mol. The van der Waals surface area contributed by atoms with E-state index in [1.807, 2.05) is 24.3 Å². The molecule has 1 N–H and O–H groups in total. The second-order valence-corrected chi connectivity index (χ2v) is 6.63. The lowest BCUT2D eigenvalue weighted by atomic mass is 10.0. The summed E-state index contributed by atoms with van der Waals surface area (Å²) in [5.74, 6) is 2.06. The minimum atomic E-state index is 0.145. The Morgan fingerprint density at radius 1 is 1.35 bits per heavy atom. The van der Waals surface area contributed by atoms with E-state index >= 15 is 0 Å². The number of nitrogens with zero attached hydrogens (tertiary/aromatic N) is 1. The second-order valence-electron chi connectivity index (χ2n) is 6.63. The molecule has 1 heterocycles. The van der Waals surface area contributed by atoms with Gasteiger partial charge in [-0.3, -0.25) is 4.79 Å². The number of amides is 1. The SMILES string of the molecule is Cc1ccc(-c2nc(CCNC(=O)CC(C)C3CC3)co2)cc1. The summed E-state index contributed by atoms with van der Waals surface area (Å²) in [6.07, 6.45) is 5.58. The zero-order valence-electron chi connectivity index (χ0n) is 13.8. The standard InChI is InChI=1S/C19H24N2O2/c1-13-3-5-16(6-4-13)19-21-17(12-23-19)9-10-20-18(22)11-14(2)15-7-8-15/h3-6,12,14-15H,7-11H2,1-2H3,(H,20,22). The van der Waals surface area contributed by atoms with Gasteiger partial charge in [0.05, 0.1) is 5.69 Å². The van der Waals surface area contributed by atoms with E-state index in [0.717, 1.165) is 17.2 Å². The van der Waals surface area contributed by atoms with Crippen molar-refractivity contribution >= 4 is 5.91 Å². The van der Waals surface area contributed by atoms with Gasteiger partial charge in [-0.05, 0) is 43.7 Å². The van der Waals surface area contributed by atoms with Gasteiger partial charge in [0.15, 0.2) is 0 Å². The maximum absolute atomic E-state index is 11.9. The third-order valence-electron chi connectivity index (χ3n) is 4.49. The second kappa shape index (κ2) is 6.99. The van der Waals surface area contributed by atoms with Crippen molar-refractivity contribution in [3.8, 4) is 11.5 Å². The third kappa shape index (κ3) is 4.44. The fraction of sp³-hybridized carbons (Fsp3) is 0.474. The molecule has 1 aliphatic carbocycles. The summed E-state index contributed by atoms with van der Waals surface area (Å²) in [6, 6.07) is 8.10. The number of rotatable bonds is 7. The molecule has 4 heteroatoms. The molecular weight excluding hydrogens is 288 g/mol. The van der Waals surface area contributed by atoms with Crippen LogP contribution in [0.2, 0.25) is 0 Å². The van der Waals surface area contributed by atoms with Crippen LogP contribution in [0.5, 0.6) is 0 Å². The van der Waals surface area contributed by atoms with Crippen molar-refractivity contribution in [2.75, 3.05) is 6.54 Å². The number of carbonyl (C=O) groups excluding carboxylic acids is 1. The maximum Gasteiger partial charge on any atom is 0.226 e. The van der Waals surface area contributed by atoms with E-state index in [1.165, 1.54) is 18.4 Å². The van der Waals surface area contributed by atoms with Gasteiger partial charge in [-0.15, -0.1) is 0 Å². The van der Waals surface area contributed by atoms with E-state index in [4.69, 9.17) is 4.42 Å². The fourth-order valence-electron chi connectivity index (χ4n) is 2.78. The largest absolute Gasteiger partial charge is 0.444 e. The average molecular weight is 312 g/mol. The minimum absolute atomic E-state index is 0.145. The Hall–Kier alpha value is -2.10. The Bertz CT molecular complexity index is 656. The van der Waals surface area contributed by atoms with Crippen LogP contribution in [0.3, 0.4) is 0 Å². The third-order valence-corrected chi connectivity index (χ3v) is 4.49. The summed E-state index contributed by atoms with van der Waals surface area (Å²) in [7, 11) is 0. The Morgan fingerprint density at radius 2 is 2.09 bits per heavy atom. The Morgan fingerprint density at radius 3 is 2.78 bits per heavy atom. The number of nitrogens with one attached hydrogen (secondary N) is 1. The highest BCUT2D eigenvalue weighted by atomic mass is 16.3. The van der Waals surface area contributed by atoms with Gasteiger partial charge >= 0.3 is 0 Å². The van der Waals surface area contributed by atoms with Crippen LogP contribution < -0.4 is 5.32 Å². The van der Waals surface area contributed by atoms with Crippen LogP contribution in [-0.4, -0.2) is 17.4 Å². The predicted molar refractivity (Wildman–Crippen MR) is 89.9 cm³/mol. The molecule has 0 saturated heterocycles. The van der Waals surface area contributed by atoms with Crippen molar-refractivity contribution < 1.29 is 9.21 Å². The van der Waals surface area contributed by atoms with Crippen molar-refractivity contribution in [2.45, 2.75) is 39.5 Å². The molecule has 1 unspecified atom stereocenters. The van der Waals surface area contributed by atoms with Gasteiger partial charge in [0.1, 0.15) is 6.26 Å². The number of hydrogen-bond donors (Lipinski definition) is 1. The molecule has 1 aromatic heterocycles. The first-order valence-electron chi connectivity index (χ1n) is 8.40. The Labute approximate surface area is 137 Å². The lowest BCUT2D eigenvalue weighted by molar-refractivity contribution is -0.122. The molecular formula is C19H24N2O2. The van der Waals surface area contributed by atoms with Gasteiger partial charge in [0.25, 0.3) is 0 Å². The summed E-state index contributed by atoms with van der Waals surface area (Å²) in [5, 5.41) is 2.98. The van der Waals surface area contributed by atoms with Gasteiger partial charge in [-0.25, -0.2) is 4.98 Å². The zero-order chi connectivity index (χ0) is 16.2. The molecule has 0 bridgehead atoms. The van der Waals surface area contributed by atoms with Crippen LogP contribution in [-0.2, 0) is 11.2 Å². The van der Waals surface area contributed by atoms with Crippen molar-refractivity contribution in [2.24, 2.45) is 11.8 Å². The lowest BCUT2D eigenvalue weighted by Gasteiger charge is -2.09. The van der Waals surface area contributed by atoms with Crippen molar-refractivity contribution in [3.63, 3.8) is 0 Å². The highest BCUT2D eigenvalue weighted by Crippen LogP contribution is 2.37. The number of benzene rings is 1. The topological polar surface area (TPSA) is 55.1 Å². The summed E-state index contributed by atoms with van der Waals surface area (Å²) in [5.41, 5.74) is 3.06. The maximum atomic E-state index is 11.9. The summed E-state index contributed by atoms with van der Waals surface area (Å²) in [4.78, 5) is 16.4. The van der Waals surface area contributed by atoms with E-state index in [2.05, 4.69) is 24.1 Å². The molecule has 1 saturated carbocycles. The van der Waals surface area contributed by atoms with Crippen LogP contribution in [0.25, 0.3) is 11.5 Å². The van der Waals surface area contributed by atoms with E-state index in [9.17, 15) is 4.79 Å². The van der Waals surface area contributed by atoms with E-state index in [0.29, 0.717) is 31.2 Å². The molecule has 0 spiro atoms. The first-order valence-corrected chi connectivity index (χ1v) is 8.40. The highest BCUT2D eigenvalue weighted by Gasteiger charge is 2.29. The molecule has 0 aliphatic heterocycles. The Balaban J connectivity index is 1.45. The van der Waals surface area contributed by atoms with Crippen LogP contribution in [0.1, 0.15) is 37.4 Å². The first-order chi connectivity index (χ1) is 11.1. The van der Waals surface area contributed by atoms with Gasteiger partial charge in [0, 0.05) is 24.9 Å². The highest BCUT2D eigenvalue weighted by molar-refractivity contribution is 5.76. The summed E-state index contributed by atoms with van der Waals surface area (Å²) < 4.78 is 5.53. The van der Waals surface area contributed by atoms with Crippen molar-refractivity contribution in [1.29, 1.82) is 0 Å². The first kappa shape index (κ1) is 15.8. The quantitative estimate of drug-likeness (QED) is 0.847. The minimum Gasteiger partial charge on any atom is -0.444 e. The summed E-state index contributed by atoms with van der Waals surface area (Å²) in [6.45, 7) is 4.83. The zero-order valence-corrected chi connectivity index (χ0v) is 13.8. The van der Waals surface area contributed by atoms with Gasteiger partial charge < -0.3 is 9.73 Å². The Kier molecular flexibility index (Phi) is 4.79. The fourth-order valence-corrected chi connectivity index (χ4v) is 2.78. The van der Waals surface area contributed by atoms with E-state index in [-0.39, 0.29) is 5.91 Å². The molecule has 3 rings (SSSR count). The van der Waals surface area contributed by atoms with Crippen molar-refractivity contribution in [3.05, 3.63) is 41.8 Å². The molecule has 23 heavy (non-hydrogen) atoms. The lowest BCUT2D eigenvalue weighted by Crippen LogP contribution is -2.27. The summed E-state index contributed by atoms with van der Waals surface area (Å²) >= 11 is 0. The molecule has 1 amide bonds. The van der Waals surface area contributed by atoms with Crippen LogP contribution in [0.15, 0.2) is 34.9 Å². The van der Waals surface area contributed by atoms with E-state index < -0.39 is 0 Å². The average Bonchev–Trinajstić information content (AvgIpc) is 3.28. The van der Waals surface area contributed by atoms with Gasteiger partial charge in [-0.1, -0.05) is 24.6 Å². The number of carbonyl (C=O) groups is 1. The molecule has 1 atom stereocenters. The van der Waals surface area contributed by atoms with Gasteiger partial charge in [-0.2, -0.15) is 0 Å². The van der Waals surface area contributed by atoms with Crippen LogP contribution in [0.4, 0.5) is 0 Å². The molecule has 1 fully saturated rings. The molecule has 122 valence electrons. The van der Waals surface area contributed by atoms with Crippen LogP contribution in [0, 0.1) is 18.8 Å². The number of aromatic nitrogens is 1. The van der Waals surface area contributed by atoms with Crippen LogP contribution >= 0.6 is 0 Å². The molecule has 1 aromatic carbocycles. The number of aryl methyl sites for hydroxylation is 1. The molecule has 1 aliphatic rings. The predicted octanol–water partition coefficient (Wildman–Crippen LogP) is 3.74. The number of hydrogen-bond acceptors (Lipinski definition) is 3. The van der Waals surface area contributed by atoms with E-state index in [1.54, 1.807) is 6.26 Å². The molecule has 0 radical (unpaired) electrons.